The first-order valence-corrected chi connectivity index (χ1v) is 8.38. The Morgan fingerprint density at radius 3 is 2.61 bits per heavy atom. The third-order valence-corrected chi connectivity index (χ3v) is 4.73. The molecule has 0 aliphatic heterocycles. The molecule has 0 unspecified atom stereocenters. The maximum Gasteiger partial charge on any atom is 0.160 e. The van der Waals surface area contributed by atoms with E-state index in [1.165, 1.54) is 42.4 Å². The summed E-state index contributed by atoms with van der Waals surface area (Å²) in [6, 6.07) is 12.7. The zero-order valence-corrected chi connectivity index (χ0v) is 13.9. The van der Waals surface area contributed by atoms with Crippen LogP contribution in [0.3, 0.4) is 0 Å². The number of aryl methyl sites for hydroxylation is 2. The maximum absolute atomic E-state index is 9.85. The van der Waals surface area contributed by atoms with Gasteiger partial charge in [0.25, 0.3) is 0 Å². The lowest BCUT2D eigenvalue weighted by Gasteiger charge is -2.20. The summed E-state index contributed by atoms with van der Waals surface area (Å²) in [5.41, 5.74) is 5.42. The second-order valence-corrected chi connectivity index (χ2v) is 6.34. The van der Waals surface area contributed by atoms with Gasteiger partial charge in [0.2, 0.25) is 0 Å². The van der Waals surface area contributed by atoms with Gasteiger partial charge in [0.15, 0.2) is 11.5 Å². The molecule has 0 heterocycles. The van der Waals surface area contributed by atoms with Crippen molar-refractivity contribution in [1.82, 2.24) is 5.32 Å². The molecule has 0 saturated carbocycles. The number of nitrogens with one attached hydrogen (secondary N) is 1. The minimum Gasteiger partial charge on any atom is -0.504 e. The molecule has 3 rings (SSSR count). The highest BCUT2D eigenvalue weighted by Crippen LogP contribution is 2.27. The zero-order valence-electron chi connectivity index (χ0n) is 13.9. The first-order chi connectivity index (χ1) is 11.2. The molecular formula is C20H25NO2. The minimum atomic E-state index is 0.188. The van der Waals surface area contributed by atoms with Crippen LogP contribution in [0.2, 0.25) is 0 Å². The van der Waals surface area contributed by atoms with Crippen molar-refractivity contribution in [3.05, 3.63) is 58.7 Å². The minimum absolute atomic E-state index is 0.188. The summed E-state index contributed by atoms with van der Waals surface area (Å²) in [4.78, 5) is 0. The molecule has 0 aromatic heterocycles. The maximum atomic E-state index is 9.85. The van der Waals surface area contributed by atoms with Crippen LogP contribution in [0.5, 0.6) is 11.5 Å². The summed E-state index contributed by atoms with van der Waals surface area (Å²) < 4.78 is 5.08. The summed E-state index contributed by atoms with van der Waals surface area (Å²) >= 11 is 0. The average Bonchev–Trinajstić information content (AvgIpc) is 2.59. The number of aromatic hydroxyl groups is 1. The van der Waals surface area contributed by atoms with Gasteiger partial charge in [0.05, 0.1) is 7.11 Å². The molecule has 122 valence electrons. The number of phenolic OH excluding ortho intramolecular Hbond substituents is 1. The van der Waals surface area contributed by atoms with Gasteiger partial charge in [-0.05, 0) is 67.0 Å². The summed E-state index contributed by atoms with van der Waals surface area (Å²) in [5, 5.41) is 13.4. The Kier molecular flexibility index (Phi) is 4.87. The molecular weight excluding hydrogens is 286 g/mol. The number of benzene rings is 2. The Hall–Kier alpha value is -2.00. The lowest BCUT2D eigenvalue weighted by atomic mass is 9.89. The van der Waals surface area contributed by atoms with Gasteiger partial charge < -0.3 is 15.2 Å². The molecule has 23 heavy (non-hydrogen) atoms. The van der Waals surface area contributed by atoms with Crippen LogP contribution in [-0.4, -0.2) is 12.2 Å². The number of ether oxygens (including phenoxy) is 1. The number of rotatable bonds is 5. The van der Waals surface area contributed by atoms with Crippen molar-refractivity contribution in [1.29, 1.82) is 0 Å². The standard InChI is InChI=1S/C20H25NO2/c1-14(17-9-8-16-5-3-4-6-18(16)12-17)21-13-15-7-10-20(23-2)19(22)11-15/h7-12,14,21-22H,3-6,13H2,1-2H3/t14-/m0/s1. The van der Waals surface area contributed by atoms with E-state index in [2.05, 4.69) is 30.4 Å². The molecule has 2 N–H and O–H groups in total. The Morgan fingerprint density at radius 2 is 1.87 bits per heavy atom. The fourth-order valence-electron chi connectivity index (χ4n) is 3.26. The van der Waals surface area contributed by atoms with Crippen molar-refractivity contribution in [3.8, 4) is 11.5 Å². The van der Waals surface area contributed by atoms with E-state index >= 15 is 0 Å². The van der Waals surface area contributed by atoms with Crippen LogP contribution in [0.15, 0.2) is 36.4 Å². The van der Waals surface area contributed by atoms with Crippen LogP contribution in [-0.2, 0) is 19.4 Å². The quantitative estimate of drug-likeness (QED) is 0.872. The van der Waals surface area contributed by atoms with Gasteiger partial charge in [-0.15, -0.1) is 0 Å². The zero-order chi connectivity index (χ0) is 16.2. The number of hydrogen-bond acceptors (Lipinski definition) is 3. The molecule has 0 amide bonds. The Bertz CT molecular complexity index is 681. The number of fused-ring (bicyclic) bond motifs is 1. The molecule has 2 aromatic rings. The summed E-state index contributed by atoms with van der Waals surface area (Å²) in [6.07, 6.45) is 5.06. The van der Waals surface area contributed by atoms with E-state index in [0.29, 0.717) is 5.75 Å². The van der Waals surface area contributed by atoms with Crippen molar-refractivity contribution in [2.75, 3.05) is 7.11 Å². The van der Waals surface area contributed by atoms with Gasteiger partial charge in [-0.25, -0.2) is 0 Å². The van der Waals surface area contributed by atoms with E-state index in [9.17, 15) is 5.11 Å². The molecule has 3 heteroatoms. The topological polar surface area (TPSA) is 41.5 Å². The van der Waals surface area contributed by atoms with E-state index in [4.69, 9.17) is 4.74 Å². The Balaban J connectivity index is 1.65. The predicted octanol–water partition coefficient (Wildman–Crippen LogP) is 4.13. The van der Waals surface area contributed by atoms with Gasteiger partial charge in [-0.2, -0.15) is 0 Å². The smallest absolute Gasteiger partial charge is 0.160 e. The molecule has 0 fully saturated rings. The molecule has 0 radical (unpaired) electrons. The molecule has 3 nitrogen and oxygen atoms in total. The van der Waals surface area contributed by atoms with Crippen LogP contribution in [0.1, 0.15) is 48.1 Å². The summed E-state index contributed by atoms with van der Waals surface area (Å²) in [6.45, 7) is 2.91. The van der Waals surface area contributed by atoms with Crippen molar-refractivity contribution in [3.63, 3.8) is 0 Å². The van der Waals surface area contributed by atoms with Gasteiger partial charge in [-0.1, -0.05) is 24.3 Å². The Morgan fingerprint density at radius 1 is 1.09 bits per heavy atom. The van der Waals surface area contributed by atoms with Crippen molar-refractivity contribution in [2.45, 2.75) is 45.2 Å². The second-order valence-electron chi connectivity index (χ2n) is 6.34. The summed E-state index contributed by atoms with van der Waals surface area (Å²) in [5.74, 6) is 0.699. The van der Waals surface area contributed by atoms with Crippen LogP contribution >= 0.6 is 0 Å². The normalized spacial score (nSPS) is 15.0. The largest absolute Gasteiger partial charge is 0.504 e. The molecule has 2 aromatic carbocycles. The highest BCUT2D eigenvalue weighted by Gasteiger charge is 2.12. The highest BCUT2D eigenvalue weighted by molar-refractivity contribution is 5.41. The molecule has 1 atom stereocenters. The third-order valence-electron chi connectivity index (χ3n) is 4.73. The number of hydrogen-bond donors (Lipinski definition) is 2. The van der Waals surface area contributed by atoms with Gasteiger partial charge in [0.1, 0.15) is 0 Å². The fourth-order valence-corrected chi connectivity index (χ4v) is 3.26. The third kappa shape index (κ3) is 3.67. The van der Waals surface area contributed by atoms with Gasteiger partial charge in [-0.3, -0.25) is 0 Å². The van der Waals surface area contributed by atoms with Crippen LogP contribution in [0.25, 0.3) is 0 Å². The van der Waals surface area contributed by atoms with E-state index < -0.39 is 0 Å². The van der Waals surface area contributed by atoms with E-state index in [1.54, 1.807) is 19.2 Å². The highest BCUT2D eigenvalue weighted by atomic mass is 16.5. The number of methoxy groups -OCH3 is 1. The van der Waals surface area contributed by atoms with Crippen LogP contribution in [0.4, 0.5) is 0 Å². The SMILES string of the molecule is COc1ccc(CN[C@@H](C)c2ccc3c(c2)CCCC3)cc1O. The van der Waals surface area contributed by atoms with Crippen LogP contribution < -0.4 is 10.1 Å². The molecule has 1 aliphatic carbocycles. The number of phenols is 1. The first kappa shape index (κ1) is 15.9. The predicted molar refractivity (Wildman–Crippen MR) is 93.0 cm³/mol. The lowest BCUT2D eigenvalue weighted by Crippen LogP contribution is -2.18. The molecule has 0 bridgehead atoms. The average molecular weight is 311 g/mol. The molecule has 1 aliphatic rings. The molecule has 0 spiro atoms. The molecule has 0 saturated heterocycles. The summed E-state index contributed by atoms with van der Waals surface area (Å²) in [7, 11) is 1.56. The van der Waals surface area contributed by atoms with Crippen LogP contribution in [0, 0.1) is 0 Å². The lowest BCUT2D eigenvalue weighted by molar-refractivity contribution is 0.373. The van der Waals surface area contributed by atoms with E-state index in [-0.39, 0.29) is 11.8 Å². The fraction of sp³-hybridized carbons (Fsp3) is 0.400. The second kappa shape index (κ2) is 7.05. The Labute approximate surface area is 138 Å². The van der Waals surface area contributed by atoms with Gasteiger partial charge in [0, 0.05) is 12.6 Å². The first-order valence-electron chi connectivity index (χ1n) is 8.38. The van der Waals surface area contributed by atoms with E-state index in [0.717, 1.165) is 12.1 Å². The van der Waals surface area contributed by atoms with Gasteiger partial charge >= 0.3 is 0 Å². The van der Waals surface area contributed by atoms with Crippen molar-refractivity contribution in [2.24, 2.45) is 0 Å². The monoisotopic (exact) mass is 311 g/mol. The van der Waals surface area contributed by atoms with Crippen molar-refractivity contribution >= 4 is 0 Å². The van der Waals surface area contributed by atoms with Crippen molar-refractivity contribution < 1.29 is 9.84 Å². The van der Waals surface area contributed by atoms with E-state index in [1.807, 2.05) is 6.07 Å².